The van der Waals surface area contributed by atoms with E-state index in [1.54, 1.807) is 37.3 Å². The van der Waals surface area contributed by atoms with E-state index in [1.165, 1.54) is 12.0 Å². The van der Waals surface area contributed by atoms with Crippen molar-refractivity contribution in [1.29, 1.82) is 0 Å². The molecule has 8 heteroatoms. The third-order valence-corrected chi connectivity index (χ3v) is 6.05. The number of hydrogen-bond donors (Lipinski definition) is 0. The number of rotatable bonds is 3. The van der Waals surface area contributed by atoms with Gasteiger partial charge in [-0.15, -0.1) is 0 Å². The monoisotopic (exact) mass is 412 g/mol. The van der Waals surface area contributed by atoms with Gasteiger partial charge in [0.05, 0.1) is 36.1 Å². The molecule has 2 heterocycles. The molecule has 2 aliphatic heterocycles. The molecule has 2 aromatic rings. The molecule has 2 amide bonds. The first-order valence-corrected chi connectivity index (χ1v) is 9.60. The molecule has 0 radical (unpaired) electrons. The molecule has 0 saturated carbocycles. The topological polar surface area (TPSA) is 59.1 Å². The molecular weight excluding hydrogens is 396 g/mol. The van der Waals surface area contributed by atoms with Crippen LogP contribution in [0, 0.1) is 0 Å². The first-order chi connectivity index (χ1) is 13.5. The van der Waals surface area contributed by atoms with Crippen molar-refractivity contribution < 1.29 is 19.1 Å². The zero-order valence-corrected chi connectivity index (χ0v) is 17.0. The van der Waals surface area contributed by atoms with Crippen LogP contribution in [0.5, 0.6) is 11.5 Å². The molecule has 0 atom stereocenters. The average Bonchev–Trinajstić information content (AvgIpc) is 3.14. The predicted molar refractivity (Wildman–Crippen MR) is 114 cm³/mol. The van der Waals surface area contributed by atoms with Gasteiger partial charge in [-0.05, 0) is 18.2 Å². The lowest BCUT2D eigenvalue weighted by Gasteiger charge is -2.18. The molecular formula is C20H16N2O4S2. The number of fused-ring (bicyclic) bond motifs is 1. The number of hydrogen-bond acceptors (Lipinski definition) is 6. The highest BCUT2D eigenvalue weighted by atomic mass is 32.2. The molecule has 0 unspecified atom stereocenters. The Morgan fingerprint density at radius 1 is 0.964 bits per heavy atom. The molecule has 28 heavy (non-hydrogen) atoms. The Bertz CT molecular complexity index is 1060. The molecule has 0 spiro atoms. The van der Waals surface area contributed by atoms with Crippen LogP contribution < -0.4 is 19.3 Å². The molecule has 142 valence electrons. The predicted octanol–water partition coefficient (Wildman–Crippen LogP) is 3.46. The van der Waals surface area contributed by atoms with Crippen LogP contribution in [-0.2, 0) is 9.59 Å². The Labute approximate surface area is 171 Å². The number of ether oxygens (including phenoxy) is 2. The number of carbonyl (C=O) groups is 2. The summed E-state index contributed by atoms with van der Waals surface area (Å²) in [7, 11) is 4.76. The zero-order valence-electron chi connectivity index (χ0n) is 15.4. The van der Waals surface area contributed by atoms with Gasteiger partial charge in [-0.3, -0.25) is 14.5 Å². The van der Waals surface area contributed by atoms with Gasteiger partial charge in [-0.2, -0.15) is 0 Å². The van der Waals surface area contributed by atoms with Gasteiger partial charge in [0.15, 0.2) is 4.32 Å². The lowest BCUT2D eigenvalue weighted by Crippen LogP contribution is -2.28. The normalized spacial score (nSPS) is 18.8. The minimum atomic E-state index is -0.341. The van der Waals surface area contributed by atoms with Crippen molar-refractivity contribution in [2.75, 3.05) is 31.1 Å². The standard InChI is InChI=1S/C20H16N2O4S2/c1-21-13-7-5-4-6-12(13)16(18(21)23)17-19(24)22(20(27)28-17)14-9-8-11(25-2)10-15(14)26-3/h4-10H,1-3H3/b17-16-. The van der Waals surface area contributed by atoms with Crippen molar-refractivity contribution in [3.05, 3.63) is 52.9 Å². The summed E-state index contributed by atoms with van der Waals surface area (Å²) in [5, 5.41) is 0. The van der Waals surface area contributed by atoms with Gasteiger partial charge < -0.3 is 14.4 Å². The van der Waals surface area contributed by atoms with Gasteiger partial charge in [-0.1, -0.05) is 42.2 Å². The van der Waals surface area contributed by atoms with Crippen LogP contribution in [0.25, 0.3) is 5.57 Å². The minimum Gasteiger partial charge on any atom is -0.497 e. The van der Waals surface area contributed by atoms with E-state index >= 15 is 0 Å². The van der Waals surface area contributed by atoms with Crippen molar-refractivity contribution in [2.24, 2.45) is 0 Å². The van der Waals surface area contributed by atoms with Gasteiger partial charge in [0.2, 0.25) is 0 Å². The smallest absolute Gasteiger partial charge is 0.271 e. The number of anilines is 2. The highest BCUT2D eigenvalue weighted by molar-refractivity contribution is 8.27. The van der Waals surface area contributed by atoms with E-state index in [9.17, 15) is 9.59 Å². The summed E-state index contributed by atoms with van der Waals surface area (Å²) in [5.74, 6) is 0.499. The summed E-state index contributed by atoms with van der Waals surface area (Å²) in [5.41, 5.74) is 2.39. The van der Waals surface area contributed by atoms with Crippen molar-refractivity contribution in [3.8, 4) is 11.5 Å². The van der Waals surface area contributed by atoms with Crippen LogP contribution in [0.1, 0.15) is 5.56 Å². The number of thioether (sulfide) groups is 1. The van der Waals surface area contributed by atoms with Gasteiger partial charge in [0.25, 0.3) is 11.8 Å². The number of thiocarbonyl (C=S) groups is 1. The maximum atomic E-state index is 13.3. The van der Waals surface area contributed by atoms with Crippen molar-refractivity contribution >= 4 is 57.1 Å². The van der Waals surface area contributed by atoms with Crippen LogP contribution in [0.3, 0.4) is 0 Å². The molecule has 4 rings (SSSR count). The number of methoxy groups -OCH3 is 2. The van der Waals surface area contributed by atoms with Crippen LogP contribution >= 0.6 is 24.0 Å². The summed E-state index contributed by atoms with van der Waals surface area (Å²) in [4.78, 5) is 29.4. The fraction of sp³-hybridized carbons (Fsp3) is 0.150. The highest BCUT2D eigenvalue weighted by Crippen LogP contribution is 2.46. The Kier molecular flexibility index (Phi) is 4.60. The third kappa shape index (κ3) is 2.68. The maximum absolute atomic E-state index is 13.3. The SMILES string of the molecule is COc1ccc(N2C(=O)/C(=C3/C(=O)N(C)c4ccccc43)SC2=S)c(OC)c1. The molecule has 2 aromatic carbocycles. The van der Waals surface area contributed by atoms with E-state index in [-0.39, 0.29) is 11.8 Å². The fourth-order valence-corrected chi connectivity index (χ4v) is 4.64. The molecule has 0 N–H and O–H groups in total. The zero-order chi connectivity index (χ0) is 20.0. The van der Waals surface area contributed by atoms with Gasteiger partial charge >= 0.3 is 0 Å². The second-order valence-electron chi connectivity index (χ2n) is 6.13. The summed E-state index contributed by atoms with van der Waals surface area (Å²) >= 11 is 6.60. The Hall–Kier alpha value is -2.84. The average molecular weight is 412 g/mol. The van der Waals surface area contributed by atoms with Crippen LogP contribution in [0.15, 0.2) is 47.4 Å². The summed E-state index contributed by atoms with van der Waals surface area (Å²) < 4.78 is 11.0. The second kappa shape index (κ2) is 6.96. The quantitative estimate of drug-likeness (QED) is 0.569. The van der Waals surface area contributed by atoms with E-state index in [4.69, 9.17) is 21.7 Å². The van der Waals surface area contributed by atoms with E-state index < -0.39 is 0 Å². The van der Waals surface area contributed by atoms with Crippen LogP contribution in [0.4, 0.5) is 11.4 Å². The molecule has 0 aliphatic carbocycles. The Balaban J connectivity index is 1.83. The maximum Gasteiger partial charge on any atom is 0.271 e. The first-order valence-electron chi connectivity index (χ1n) is 8.38. The van der Waals surface area contributed by atoms with E-state index in [0.29, 0.717) is 32.0 Å². The van der Waals surface area contributed by atoms with Crippen molar-refractivity contribution in [3.63, 3.8) is 0 Å². The van der Waals surface area contributed by atoms with Crippen molar-refractivity contribution in [1.82, 2.24) is 0 Å². The lowest BCUT2D eigenvalue weighted by atomic mass is 10.1. The summed E-state index contributed by atoms with van der Waals surface area (Å²) in [6, 6.07) is 12.5. The molecule has 1 fully saturated rings. The minimum absolute atomic E-state index is 0.219. The third-order valence-electron chi connectivity index (χ3n) is 4.68. The second-order valence-corrected chi connectivity index (χ2v) is 7.78. The molecule has 6 nitrogen and oxygen atoms in total. The first kappa shape index (κ1) is 18.5. The van der Waals surface area contributed by atoms with Crippen LogP contribution in [-0.4, -0.2) is 37.4 Å². The van der Waals surface area contributed by atoms with E-state index in [0.717, 1.165) is 23.0 Å². The van der Waals surface area contributed by atoms with Crippen molar-refractivity contribution in [2.45, 2.75) is 0 Å². The summed E-state index contributed by atoms with van der Waals surface area (Å²) in [6.07, 6.45) is 0. The number of para-hydroxylation sites is 1. The number of likely N-dealkylation sites (N-methyl/N-ethyl adjacent to an activating group) is 1. The molecule has 1 saturated heterocycles. The Morgan fingerprint density at radius 2 is 1.71 bits per heavy atom. The lowest BCUT2D eigenvalue weighted by molar-refractivity contribution is -0.115. The largest absolute Gasteiger partial charge is 0.497 e. The van der Waals surface area contributed by atoms with E-state index in [1.807, 2.05) is 24.3 Å². The van der Waals surface area contributed by atoms with Gasteiger partial charge in [0.1, 0.15) is 11.5 Å². The fourth-order valence-electron chi connectivity index (χ4n) is 3.29. The van der Waals surface area contributed by atoms with Gasteiger partial charge in [-0.25, -0.2) is 0 Å². The number of benzene rings is 2. The summed E-state index contributed by atoms with van der Waals surface area (Å²) in [6.45, 7) is 0. The van der Waals surface area contributed by atoms with Gasteiger partial charge in [0, 0.05) is 18.7 Å². The van der Waals surface area contributed by atoms with Crippen LogP contribution in [0.2, 0.25) is 0 Å². The number of carbonyl (C=O) groups excluding carboxylic acids is 2. The molecule has 2 aliphatic rings. The number of nitrogens with zero attached hydrogens (tertiary/aromatic N) is 2. The number of amides is 2. The Morgan fingerprint density at radius 3 is 2.43 bits per heavy atom. The highest BCUT2D eigenvalue weighted by Gasteiger charge is 2.42. The molecule has 0 bridgehead atoms. The van der Waals surface area contributed by atoms with E-state index in [2.05, 4.69) is 0 Å². The molecule has 0 aromatic heterocycles.